The fourth-order valence-electron chi connectivity index (χ4n) is 5.62. The van der Waals surface area contributed by atoms with E-state index in [1.165, 1.54) is 16.7 Å². The summed E-state index contributed by atoms with van der Waals surface area (Å²) < 4.78 is 52.3. The molecule has 1 aromatic rings. The van der Waals surface area contributed by atoms with E-state index in [0.717, 1.165) is 45.2 Å². The third-order valence-electron chi connectivity index (χ3n) is 7.12. The van der Waals surface area contributed by atoms with Crippen molar-refractivity contribution in [3.63, 3.8) is 0 Å². The van der Waals surface area contributed by atoms with Crippen LogP contribution in [0.1, 0.15) is 55.3 Å². The molecular weight excluding hydrogens is 436 g/mol. The molecule has 3 aliphatic heterocycles. The Hall–Kier alpha value is -1.04. The number of sulfonamides is 1. The van der Waals surface area contributed by atoms with Crippen LogP contribution >= 0.6 is 0 Å². The van der Waals surface area contributed by atoms with Crippen LogP contribution in [0.2, 0.25) is 0 Å². The average Bonchev–Trinajstić information content (AvgIpc) is 2.73. The molecule has 0 spiro atoms. The second kappa shape index (κ2) is 9.07. The van der Waals surface area contributed by atoms with Gasteiger partial charge in [-0.05, 0) is 61.1 Å². The lowest BCUT2D eigenvalue weighted by Crippen LogP contribution is -2.57. The predicted molar refractivity (Wildman–Crippen MR) is 121 cm³/mol. The molecule has 2 fully saturated rings. The molecule has 0 aliphatic carbocycles. The monoisotopic (exact) mass is 470 g/mol. The van der Waals surface area contributed by atoms with Crippen LogP contribution in [-0.2, 0) is 33.1 Å². The van der Waals surface area contributed by atoms with E-state index in [9.17, 15) is 16.8 Å². The van der Waals surface area contributed by atoms with Crippen molar-refractivity contribution < 1.29 is 16.8 Å². The molecule has 0 aromatic heterocycles. The Morgan fingerprint density at radius 1 is 1.19 bits per heavy atom. The van der Waals surface area contributed by atoms with E-state index in [-0.39, 0.29) is 30.8 Å². The van der Waals surface area contributed by atoms with E-state index in [1.54, 1.807) is 4.31 Å². The lowest BCUT2D eigenvalue weighted by atomic mass is 9.77. The average molecular weight is 471 g/mol. The summed E-state index contributed by atoms with van der Waals surface area (Å²) in [6.45, 7) is 4.75. The fourth-order valence-corrected chi connectivity index (χ4v) is 7.87. The smallest absolute Gasteiger partial charge is 0.274 e. The molecule has 4 rings (SSSR count). The van der Waals surface area contributed by atoms with Gasteiger partial charge in [-0.25, -0.2) is 18.3 Å². The first-order valence-electron chi connectivity index (χ1n) is 11.3. The molecule has 3 heterocycles. The summed E-state index contributed by atoms with van der Waals surface area (Å²) in [5.41, 5.74) is 4.14. The maximum atomic E-state index is 13.2. The highest BCUT2D eigenvalue weighted by Crippen LogP contribution is 2.43. The van der Waals surface area contributed by atoms with Crippen LogP contribution in [0.4, 0.5) is 0 Å². The number of hydrogen-bond donors (Lipinski definition) is 2. The van der Waals surface area contributed by atoms with Gasteiger partial charge in [-0.1, -0.05) is 25.1 Å². The zero-order valence-corrected chi connectivity index (χ0v) is 19.8. The Morgan fingerprint density at radius 2 is 2.00 bits per heavy atom. The molecule has 0 saturated carbocycles. The van der Waals surface area contributed by atoms with E-state index < -0.39 is 20.2 Å². The Labute approximate surface area is 186 Å². The van der Waals surface area contributed by atoms with Crippen LogP contribution < -0.4 is 9.86 Å². The summed E-state index contributed by atoms with van der Waals surface area (Å²) >= 11 is 0. The molecule has 174 valence electrons. The van der Waals surface area contributed by atoms with Crippen LogP contribution in [-0.4, -0.2) is 64.0 Å². The SMILES string of the molecule is CCc1ccc2c(c1)CCN1C[C@H]3CCCN(S(=O)(=O)CCCNS(N)(=O)=O)[C@H]3C[C@@H]21. The second-order valence-electron chi connectivity index (χ2n) is 9.07. The van der Waals surface area contributed by atoms with Crippen molar-refractivity contribution in [3.8, 4) is 0 Å². The maximum absolute atomic E-state index is 13.2. The van der Waals surface area contributed by atoms with Gasteiger partial charge in [0.25, 0.3) is 10.2 Å². The van der Waals surface area contributed by atoms with Gasteiger partial charge in [0.15, 0.2) is 0 Å². The van der Waals surface area contributed by atoms with E-state index in [1.807, 2.05) is 0 Å². The number of hydrogen-bond acceptors (Lipinski definition) is 5. The molecule has 0 bridgehead atoms. The van der Waals surface area contributed by atoms with Crippen LogP contribution in [0.5, 0.6) is 0 Å². The molecule has 3 atom stereocenters. The number of rotatable bonds is 7. The first-order valence-corrected chi connectivity index (χ1v) is 14.5. The minimum absolute atomic E-state index is 0.0167. The molecule has 1 aromatic carbocycles. The van der Waals surface area contributed by atoms with Gasteiger partial charge >= 0.3 is 0 Å². The third kappa shape index (κ3) is 5.15. The van der Waals surface area contributed by atoms with Crippen LogP contribution in [0.3, 0.4) is 0 Å². The second-order valence-corrected chi connectivity index (χ2v) is 12.5. The molecule has 3 aliphatic rings. The lowest BCUT2D eigenvalue weighted by Gasteiger charge is -2.51. The van der Waals surface area contributed by atoms with E-state index in [0.29, 0.717) is 12.5 Å². The van der Waals surface area contributed by atoms with Gasteiger partial charge in [-0.2, -0.15) is 12.7 Å². The number of aryl methyl sites for hydroxylation is 1. The molecule has 10 heteroatoms. The molecule has 0 radical (unpaired) electrons. The zero-order chi connectivity index (χ0) is 22.2. The quantitative estimate of drug-likeness (QED) is 0.581. The summed E-state index contributed by atoms with van der Waals surface area (Å²) in [5, 5.41) is 4.93. The lowest BCUT2D eigenvalue weighted by molar-refractivity contribution is 0.0220. The zero-order valence-electron chi connectivity index (χ0n) is 18.2. The Balaban J connectivity index is 1.50. The van der Waals surface area contributed by atoms with Gasteiger partial charge in [-0.3, -0.25) is 4.90 Å². The van der Waals surface area contributed by atoms with Gasteiger partial charge in [0.2, 0.25) is 10.0 Å². The van der Waals surface area contributed by atoms with Crippen molar-refractivity contribution in [1.29, 1.82) is 0 Å². The van der Waals surface area contributed by atoms with Crippen LogP contribution in [0.15, 0.2) is 18.2 Å². The topological polar surface area (TPSA) is 113 Å². The summed E-state index contributed by atoms with van der Waals surface area (Å²) in [6, 6.07) is 7.08. The molecular formula is C21H34N4O4S2. The Bertz CT molecular complexity index is 1010. The first kappa shape index (κ1) is 23.1. The number of nitrogens with one attached hydrogen (secondary N) is 1. The number of nitrogens with zero attached hydrogens (tertiary/aromatic N) is 2. The Morgan fingerprint density at radius 3 is 2.74 bits per heavy atom. The molecule has 0 unspecified atom stereocenters. The molecule has 2 saturated heterocycles. The van der Waals surface area contributed by atoms with Gasteiger partial charge in [0.1, 0.15) is 0 Å². The fraction of sp³-hybridized carbons (Fsp3) is 0.714. The van der Waals surface area contributed by atoms with E-state index in [2.05, 4.69) is 34.7 Å². The molecule has 8 nitrogen and oxygen atoms in total. The number of piperidine rings is 2. The number of benzene rings is 1. The van der Waals surface area contributed by atoms with Gasteiger partial charge < -0.3 is 0 Å². The highest BCUT2D eigenvalue weighted by molar-refractivity contribution is 7.89. The highest BCUT2D eigenvalue weighted by atomic mass is 32.2. The summed E-state index contributed by atoms with van der Waals surface area (Å²) in [6.07, 6.45) is 5.08. The van der Waals surface area contributed by atoms with Crippen molar-refractivity contribution in [1.82, 2.24) is 13.9 Å². The van der Waals surface area contributed by atoms with Crippen molar-refractivity contribution in [2.75, 3.05) is 31.9 Å². The predicted octanol–water partition coefficient (Wildman–Crippen LogP) is 1.15. The summed E-state index contributed by atoms with van der Waals surface area (Å²) in [7, 11) is -7.25. The van der Waals surface area contributed by atoms with Crippen molar-refractivity contribution in [2.24, 2.45) is 11.1 Å². The largest absolute Gasteiger partial charge is 0.296 e. The third-order valence-corrected chi connectivity index (χ3v) is 9.70. The standard InChI is InChI=1S/C21H34N4O4S2/c1-2-16-6-7-19-17(13-16)8-11-24-15-18-5-3-10-25(20(18)14-21(19)24)30(26,27)12-4-9-23-31(22,28)29/h6-7,13,18,20-21,23H,2-5,8-12,14-15H2,1H3,(H2,22,28,29)/t18-,20+,21+/m1/s1. The van der Waals surface area contributed by atoms with Crippen molar-refractivity contribution in [2.45, 2.75) is 57.5 Å². The maximum Gasteiger partial charge on any atom is 0.274 e. The van der Waals surface area contributed by atoms with Gasteiger partial charge in [0, 0.05) is 38.3 Å². The minimum Gasteiger partial charge on any atom is -0.296 e. The van der Waals surface area contributed by atoms with Crippen LogP contribution in [0.25, 0.3) is 0 Å². The number of fused-ring (bicyclic) bond motifs is 4. The van der Waals surface area contributed by atoms with E-state index >= 15 is 0 Å². The van der Waals surface area contributed by atoms with Gasteiger partial charge in [-0.15, -0.1) is 0 Å². The van der Waals surface area contributed by atoms with E-state index in [4.69, 9.17) is 5.14 Å². The van der Waals surface area contributed by atoms with Crippen molar-refractivity contribution in [3.05, 3.63) is 34.9 Å². The molecule has 0 amide bonds. The summed E-state index contributed by atoms with van der Waals surface area (Å²) in [5.74, 6) is 0.294. The normalized spacial score (nSPS) is 27.4. The first-order chi connectivity index (χ1) is 14.7. The summed E-state index contributed by atoms with van der Waals surface area (Å²) in [4.78, 5) is 2.56. The molecule has 31 heavy (non-hydrogen) atoms. The minimum atomic E-state index is -3.80. The van der Waals surface area contributed by atoms with Gasteiger partial charge in [0.05, 0.1) is 5.75 Å². The van der Waals surface area contributed by atoms with Crippen molar-refractivity contribution >= 4 is 20.2 Å². The van der Waals surface area contributed by atoms with Crippen LogP contribution in [0, 0.1) is 5.92 Å². The highest BCUT2D eigenvalue weighted by Gasteiger charge is 2.45. The number of nitrogens with two attached hydrogens (primary N) is 1. The Kier molecular flexibility index (Phi) is 6.77. The molecule has 3 N–H and O–H groups in total.